The lowest BCUT2D eigenvalue weighted by atomic mass is 9.64. The predicted molar refractivity (Wildman–Crippen MR) is 76.1 cm³/mol. The van der Waals surface area contributed by atoms with E-state index in [0.29, 0.717) is 32.3 Å². The Bertz CT molecular complexity index is 548. The molecule has 0 saturated carbocycles. The maximum atomic E-state index is 11.2. The number of fused-ring (bicyclic) bond motifs is 1. The highest BCUT2D eigenvalue weighted by molar-refractivity contribution is 5.39. The van der Waals surface area contributed by atoms with Gasteiger partial charge >= 0.3 is 0 Å². The van der Waals surface area contributed by atoms with Gasteiger partial charge < -0.3 is 9.84 Å². The summed E-state index contributed by atoms with van der Waals surface area (Å²) in [6.45, 7) is 4.50. The highest BCUT2D eigenvalue weighted by atomic mass is 16.5. The first-order chi connectivity index (χ1) is 9.40. The van der Waals surface area contributed by atoms with Gasteiger partial charge in [0, 0.05) is 12.8 Å². The quantitative estimate of drug-likeness (QED) is 0.854. The Morgan fingerprint density at radius 3 is 2.30 bits per heavy atom. The number of nitriles is 1. The van der Waals surface area contributed by atoms with Crippen molar-refractivity contribution in [3.63, 3.8) is 0 Å². The molecule has 1 unspecified atom stereocenters. The molecule has 1 atom stereocenters. The second kappa shape index (κ2) is 4.31. The second-order valence-corrected chi connectivity index (χ2v) is 6.88. The van der Waals surface area contributed by atoms with E-state index < -0.39 is 11.0 Å². The van der Waals surface area contributed by atoms with Crippen LogP contribution in [0.25, 0.3) is 0 Å². The van der Waals surface area contributed by atoms with Crippen LogP contribution in [0.15, 0.2) is 24.3 Å². The predicted octanol–water partition coefficient (Wildman–Crippen LogP) is 2.62. The Labute approximate surface area is 120 Å². The summed E-state index contributed by atoms with van der Waals surface area (Å²) in [5, 5.41) is 21.1. The zero-order valence-corrected chi connectivity index (χ0v) is 12.1. The first-order valence-electron chi connectivity index (χ1n) is 7.24. The summed E-state index contributed by atoms with van der Waals surface area (Å²) in [6.07, 6.45) is 2.35. The molecular weight excluding hydrogens is 250 g/mol. The molecule has 1 aromatic carbocycles. The molecule has 1 aliphatic carbocycles. The Morgan fingerprint density at radius 1 is 1.20 bits per heavy atom. The van der Waals surface area contributed by atoms with Crippen molar-refractivity contribution in [2.24, 2.45) is 5.41 Å². The summed E-state index contributed by atoms with van der Waals surface area (Å²) >= 11 is 0. The van der Waals surface area contributed by atoms with Crippen molar-refractivity contribution >= 4 is 0 Å². The van der Waals surface area contributed by atoms with Gasteiger partial charge in [0.1, 0.15) is 0 Å². The van der Waals surface area contributed by atoms with Crippen molar-refractivity contribution in [1.82, 2.24) is 0 Å². The van der Waals surface area contributed by atoms with Crippen LogP contribution in [0.2, 0.25) is 0 Å². The summed E-state index contributed by atoms with van der Waals surface area (Å²) in [6, 6.07) is 10.6. The minimum absolute atomic E-state index is 0.369. The average Bonchev–Trinajstić information content (AvgIpc) is 2.77. The molecule has 0 spiro atoms. The largest absolute Gasteiger partial charge is 0.388 e. The zero-order chi connectivity index (χ0) is 14.4. The van der Waals surface area contributed by atoms with Gasteiger partial charge in [-0.2, -0.15) is 5.26 Å². The van der Waals surface area contributed by atoms with Gasteiger partial charge in [-0.15, -0.1) is 0 Å². The second-order valence-electron chi connectivity index (χ2n) is 6.88. The smallest absolute Gasteiger partial charge is 0.0942 e. The summed E-state index contributed by atoms with van der Waals surface area (Å²) in [7, 11) is 0. The van der Waals surface area contributed by atoms with E-state index >= 15 is 0 Å². The van der Waals surface area contributed by atoms with Gasteiger partial charge in [-0.1, -0.05) is 24.3 Å². The lowest BCUT2D eigenvalue weighted by molar-refractivity contribution is -0.180. The highest BCUT2D eigenvalue weighted by Gasteiger charge is 2.57. The van der Waals surface area contributed by atoms with Gasteiger partial charge in [-0.05, 0) is 37.8 Å². The third-order valence-corrected chi connectivity index (χ3v) is 4.93. The third kappa shape index (κ3) is 1.95. The van der Waals surface area contributed by atoms with E-state index in [1.54, 1.807) is 0 Å². The molecule has 0 amide bonds. The number of benzene rings is 1. The fourth-order valence-electron chi connectivity index (χ4n) is 3.88. The SMILES string of the molecule is CC1(C)CC(O)(C2(C#N)Cc3ccccc3C2)CCO1. The molecule has 1 aromatic rings. The van der Waals surface area contributed by atoms with Crippen LogP contribution >= 0.6 is 0 Å². The summed E-state index contributed by atoms with van der Waals surface area (Å²) in [4.78, 5) is 0. The maximum absolute atomic E-state index is 11.2. The molecule has 3 nitrogen and oxygen atoms in total. The first-order valence-corrected chi connectivity index (χ1v) is 7.24. The lowest BCUT2D eigenvalue weighted by Crippen LogP contribution is -2.56. The van der Waals surface area contributed by atoms with Gasteiger partial charge in [0.05, 0.1) is 29.3 Å². The Hall–Kier alpha value is -1.37. The van der Waals surface area contributed by atoms with Crippen LogP contribution in [-0.4, -0.2) is 22.9 Å². The summed E-state index contributed by atoms with van der Waals surface area (Å²) in [5.74, 6) is 0. The number of hydrogen-bond acceptors (Lipinski definition) is 3. The van der Waals surface area contributed by atoms with Crippen molar-refractivity contribution in [3.8, 4) is 6.07 Å². The van der Waals surface area contributed by atoms with Gasteiger partial charge in [-0.3, -0.25) is 0 Å². The van der Waals surface area contributed by atoms with Crippen LogP contribution in [-0.2, 0) is 17.6 Å². The van der Waals surface area contributed by atoms with E-state index in [1.165, 1.54) is 11.1 Å². The summed E-state index contributed by atoms with van der Waals surface area (Å²) in [5.41, 5.74) is 0.352. The lowest BCUT2D eigenvalue weighted by Gasteiger charge is -2.48. The van der Waals surface area contributed by atoms with Crippen LogP contribution in [0.3, 0.4) is 0 Å². The van der Waals surface area contributed by atoms with Crippen LogP contribution in [0, 0.1) is 16.7 Å². The fraction of sp³-hybridized carbons (Fsp3) is 0.588. The van der Waals surface area contributed by atoms with Gasteiger partial charge in [0.25, 0.3) is 0 Å². The Morgan fingerprint density at radius 2 is 1.80 bits per heavy atom. The number of hydrogen-bond donors (Lipinski definition) is 1. The molecule has 0 bridgehead atoms. The van der Waals surface area contributed by atoms with E-state index in [0.717, 1.165) is 0 Å². The topological polar surface area (TPSA) is 53.2 Å². The molecule has 3 heteroatoms. The van der Waals surface area contributed by atoms with Crippen molar-refractivity contribution < 1.29 is 9.84 Å². The maximum Gasteiger partial charge on any atom is 0.0942 e. The normalized spacial score (nSPS) is 30.5. The molecular formula is C17H21NO2. The van der Waals surface area contributed by atoms with Gasteiger partial charge in [-0.25, -0.2) is 0 Å². The molecule has 1 fully saturated rings. The molecule has 106 valence electrons. The molecule has 1 aliphatic heterocycles. The summed E-state index contributed by atoms with van der Waals surface area (Å²) < 4.78 is 5.72. The van der Waals surface area contributed by atoms with E-state index in [9.17, 15) is 10.4 Å². The molecule has 3 rings (SSSR count). The van der Waals surface area contributed by atoms with E-state index in [4.69, 9.17) is 4.74 Å². The number of rotatable bonds is 1. The van der Waals surface area contributed by atoms with Gasteiger partial charge in [0.2, 0.25) is 0 Å². The van der Waals surface area contributed by atoms with Crippen LogP contribution in [0.4, 0.5) is 0 Å². The van der Waals surface area contributed by atoms with Crippen molar-refractivity contribution in [1.29, 1.82) is 5.26 Å². The minimum Gasteiger partial charge on any atom is -0.388 e. The number of aliphatic hydroxyl groups is 1. The van der Waals surface area contributed by atoms with E-state index in [1.807, 2.05) is 26.0 Å². The van der Waals surface area contributed by atoms with E-state index in [-0.39, 0.29) is 5.60 Å². The van der Waals surface area contributed by atoms with Crippen molar-refractivity contribution in [2.75, 3.05) is 6.61 Å². The van der Waals surface area contributed by atoms with E-state index in [2.05, 4.69) is 18.2 Å². The highest BCUT2D eigenvalue weighted by Crippen LogP contribution is 2.51. The first kappa shape index (κ1) is 13.6. The molecule has 0 radical (unpaired) electrons. The molecule has 0 aromatic heterocycles. The average molecular weight is 271 g/mol. The van der Waals surface area contributed by atoms with Crippen LogP contribution < -0.4 is 0 Å². The molecule has 1 N–H and O–H groups in total. The minimum atomic E-state index is -0.970. The zero-order valence-electron chi connectivity index (χ0n) is 12.1. The monoisotopic (exact) mass is 271 g/mol. The molecule has 20 heavy (non-hydrogen) atoms. The fourth-order valence-corrected chi connectivity index (χ4v) is 3.88. The molecule has 2 aliphatic rings. The molecule has 1 saturated heterocycles. The van der Waals surface area contributed by atoms with Crippen molar-refractivity contribution in [3.05, 3.63) is 35.4 Å². The Kier molecular flexibility index (Phi) is 2.93. The van der Waals surface area contributed by atoms with Gasteiger partial charge in [0.15, 0.2) is 0 Å². The van der Waals surface area contributed by atoms with Crippen molar-refractivity contribution in [2.45, 2.75) is 50.7 Å². The van der Waals surface area contributed by atoms with Crippen LogP contribution in [0.1, 0.15) is 37.8 Å². The molecule has 1 heterocycles. The number of ether oxygens (including phenoxy) is 1. The number of nitrogens with zero attached hydrogens (tertiary/aromatic N) is 1. The Balaban J connectivity index is 1.98. The standard InChI is InChI=1S/C17H21NO2/c1-15(2)11-17(19,7-8-20-15)16(12-18)9-13-5-3-4-6-14(13)10-16/h3-6,19H,7-11H2,1-2H3. The third-order valence-electron chi connectivity index (χ3n) is 4.93. The van der Waals surface area contributed by atoms with Crippen LogP contribution in [0.5, 0.6) is 0 Å².